The quantitative estimate of drug-likeness (QED) is 0.235. The summed E-state index contributed by atoms with van der Waals surface area (Å²) in [6.45, 7) is 17.5. The molecule has 1 rings (SSSR count). The first-order chi connectivity index (χ1) is 16.5. The summed E-state index contributed by atoms with van der Waals surface area (Å²) in [4.78, 5) is 37.3. The van der Waals surface area contributed by atoms with Gasteiger partial charge >= 0.3 is 12.1 Å². The van der Waals surface area contributed by atoms with Gasteiger partial charge in [-0.1, -0.05) is 39.3 Å². The van der Waals surface area contributed by atoms with Gasteiger partial charge in [0.2, 0.25) is 5.91 Å². The third-order valence-electron chi connectivity index (χ3n) is 6.16. The van der Waals surface area contributed by atoms with E-state index < -0.39 is 34.9 Å². The van der Waals surface area contributed by atoms with Gasteiger partial charge in [0, 0.05) is 12.5 Å². The van der Waals surface area contributed by atoms with Gasteiger partial charge in [-0.3, -0.25) is 15.0 Å². The highest BCUT2D eigenvalue weighted by Gasteiger charge is 2.51. The van der Waals surface area contributed by atoms with Crippen LogP contribution in [0, 0.1) is 11.3 Å². The summed E-state index contributed by atoms with van der Waals surface area (Å²) in [5.74, 6) is -1.22. The molecule has 1 aliphatic heterocycles. The molecule has 3 atom stereocenters. The van der Waals surface area contributed by atoms with E-state index in [9.17, 15) is 19.5 Å². The average molecular weight is 512 g/mol. The van der Waals surface area contributed by atoms with Gasteiger partial charge in [-0.2, -0.15) is 5.01 Å². The van der Waals surface area contributed by atoms with E-state index in [-0.39, 0.29) is 24.3 Å². The minimum Gasteiger partial charge on any atom is -0.481 e. The number of hydrogen-bond donors (Lipinski definition) is 3. The first kappa shape index (κ1) is 31.9. The molecule has 0 unspecified atom stereocenters. The fraction of sp³-hybridized carbons (Fsp3) is 0.815. The summed E-state index contributed by atoms with van der Waals surface area (Å²) in [7, 11) is 0. The van der Waals surface area contributed by atoms with Gasteiger partial charge in [0.1, 0.15) is 11.3 Å². The third-order valence-corrected chi connectivity index (χ3v) is 6.16. The molecule has 2 amide bonds. The Morgan fingerprint density at radius 1 is 1.19 bits per heavy atom. The Balaban J connectivity index is 3.27. The molecule has 9 heteroatoms. The lowest BCUT2D eigenvalue weighted by Gasteiger charge is -2.37. The molecule has 0 aliphatic carbocycles. The minimum absolute atomic E-state index is 0.0231. The highest BCUT2D eigenvalue weighted by atomic mass is 16.6. The SMILES string of the molecule is CC=CC[C@H](C[C@@H]1OC(C)(C)N(NC(=O)OC(C)(C)C)[C@H]1CC(C)(C)CC(=O)O)C(=O)NCCCC. The molecule has 0 spiro atoms. The molecule has 1 aliphatic rings. The molecule has 208 valence electrons. The topological polar surface area (TPSA) is 117 Å². The smallest absolute Gasteiger partial charge is 0.422 e. The second kappa shape index (κ2) is 13.4. The lowest BCUT2D eigenvalue weighted by atomic mass is 9.79. The second-order valence-corrected chi connectivity index (χ2v) is 12.0. The van der Waals surface area contributed by atoms with Crippen molar-refractivity contribution in [2.45, 2.75) is 124 Å². The largest absolute Gasteiger partial charge is 0.481 e. The van der Waals surface area contributed by atoms with E-state index in [1.807, 2.05) is 46.8 Å². The van der Waals surface area contributed by atoms with Crippen LogP contribution in [0.1, 0.15) is 101 Å². The van der Waals surface area contributed by atoms with Crippen LogP contribution in [-0.2, 0) is 19.1 Å². The van der Waals surface area contributed by atoms with Crippen LogP contribution in [-0.4, -0.2) is 58.1 Å². The summed E-state index contributed by atoms with van der Waals surface area (Å²) >= 11 is 0. The number of rotatable bonds is 13. The number of ether oxygens (including phenoxy) is 2. The van der Waals surface area contributed by atoms with Crippen molar-refractivity contribution in [3.63, 3.8) is 0 Å². The zero-order valence-electron chi connectivity index (χ0n) is 23.8. The number of amides is 2. The normalized spacial score (nSPS) is 21.4. The Hall–Kier alpha value is -2.13. The van der Waals surface area contributed by atoms with Gasteiger partial charge in [-0.15, -0.1) is 0 Å². The van der Waals surface area contributed by atoms with Crippen molar-refractivity contribution in [3.05, 3.63) is 12.2 Å². The van der Waals surface area contributed by atoms with Crippen LogP contribution in [0.25, 0.3) is 0 Å². The number of hydrogen-bond acceptors (Lipinski definition) is 6. The maximum atomic E-state index is 13.0. The average Bonchev–Trinajstić information content (AvgIpc) is 2.91. The summed E-state index contributed by atoms with van der Waals surface area (Å²) in [5, 5.41) is 14.2. The monoisotopic (exact) mass is 511 g/mol. The molecule has 0 aromatic carbocycles. The number of nitrogens with one attached hydrogen (secondary N) is 2. The van der Waals surface area contributed by atoms with Crippen molar-refractivity contribution in [1.82, 2.24) is 15.8 Å². The van der Waals surface area contributed by atoms with Crippen LogP contribution in [0.2, 0.25) is 0 Å². The number of allylic oxidation sites excluding steroid dienone is 2. The number of carboxylic acids is 1. The maximum Gasteiger partial charge on any atom is 0.422 e. The summed E-state index contributed by atoms with van der Waals surface area (Å²) in [6.07, 6.45) is 6.21. The van der Waals surface area contributed by atoms with Gasteiger partial charge in [0.15, 0.2) is 0 Å². The predicted molar refractivity (Wildman–Crippen MR) is 140 cm³/mol. The van der Waals surface area contributed by atoms with Crippen LogP contribution in [0.15, 0.2) is 12.2 Å². The highest BCUT2D eigenvalue weighted by molar-refractivity contribution is 5.78. The lowest BCUT2D eigenvalue weighted by molar-refractivity contribution is -0.139. The zero-order valence-corrected chi connectivity index (χ0v) is 23.8. The van der Waals surface area contributed by atoms with Crippen LogP contribution < -0.4 is 10.7 Å². The van der Waals surface area contributed by atoms with Crippen molar-refractivity contribution in [2.24, 2.45) is 11.3 Å². The van der Waals surface area contributed by atoms with Crippen LogP contribution in [0.4, 0.5) is 4.79 Å². The van der Waals surface area contributed by atoms with Crippen LogP contribution in [0.5, 0.6) is 0 Å². The van der Waals surface area contributed by atoms with E-state index in [1.54, 1.807) is 25.8 Å². The van der Waals surface area contributed by atoms with Crippen molar-refractivity contribution in [1.29, 1.82) is 0 Å². The Labute approximate surface area is 217 Å². The minimum atomic E-state index is -0.893. The standard InChI is InChI=1S/C27H49N3O6/c1-10-12-14-19(23(33)28-15-13-11-2)16-21-20(17-26(6,7)18-22(31)32)30(27(8,9)35-21)29-24(34)36-25(3,4)5/h10,12,19-21H,11,13-18H2,1-9H3,(H,28,33)(H,29,34)(H,31,32)/t19-,20+,21+/m1/s1. The number of hydrazine groups is 1. The lowest BCUT2D eigenvalue weighted by Crippen LogP contribution is -2.56. The van der Waals surface area contributed by atoms with Crippen LogP contribution >= 0.6 is 0 Å². The molecule has 36 heavy (non-hydrogen) atoms. The molecule has 1 saturated heterocycles. The maximum absolute atomic E-state index is 13.0. The molecular weight excluding hydrogens is 462 g/mol. The Morgan fingerprint density at radius 2 is 1.83 bits per heavy atom. The molecule has 0 aromatic rings. The van der Waals surface area contributed by atoms with Crippen molar-refractivity contribution >= 4 is 18.0 Å². The molecule has 0 aromatic heterocycles. The van der Waals surface area contributed by atoms with Crippen molar-refractivity contribution in [2.75, 3.05) is 6.54 Å². The van der Waals surface area contributed by atoms with E-state index in [0.717, 1.165) is 12.8 Å². The third kappa shape index (κ3) is 10.9. The Morgan fingerprint density at radius 3 is 2.36 bits per heavy atom. The van der Waals surface area contributed by atoms with E-state index in [4.69, 9.17) is 9.47 Å². The molecule has 0 bridgehead atoms. The number of unbranched alkanes of at least 4 members (excludes halogenated alkanes) is 1. The number of nitrogens with zero attached hydrogens (tertiary/aromatic N) is 1. The van der Waals surface area contributed by atoms with E-state index in [0.29, 0.717) is 25.8 Å². The first-order valence-electron chi connectivity index (χ1n) is 13.1. The predicted octanol–water partition coefficient (Wildman–Crippen LogP) is 5.01. The van der Waals surface area contributed by atoms with E-state index in [1.165, 1.54) is 0 Å². The van der Waals surface area contributed by atoms with Crippen LogP contribution in [0.3, 0.4) is 0 Å². The van der Waals surface area contributed by atoms with Crippen molar-refractivity contribution < 1.29 is 29.0 Å². The molecule has 3 N–H and O–H groups in total. The molecule has 1 heterocycles. The fourth-order valence-corrected chi connectivity index (χ4v) is 4.59. The van der Waals surface area contributed by atoms with Gasteiger partial charge < -0.3 is 19.9 Å². The molecule has 9 nitrogen and oxygen atoms in total. The summed E-state index contributed by atoms with van der Waals surface area (Å²) in [5.41, 5.74) is 0.706. The summed E-state index contributed by atoms with van der Waals surface area (Å²) < 4.78 is 11.9. The number of aliphatic carboxylic acids is 1. The first-order valence-corrected chi connectivity index (χ1v) is 13.1. The Bertz CT molecular complexity index is 772. The molecule has 1 fully saturated rings. The number of carbonyl (C=O) groups excluding carboxylic acids is 2. The summed E-state index contributed by atoms with van der Waals surface area (Å²) in [6, 6.07) is -0.363. The molecular formula is C27H49N3O6. The van der Waals surface area contributed by atoms with Gasteiger partial charge in [0.25, 0.3) is 0 Å². The molecule has 0 radical (unpaired) electrons. The second-order valence-electron chi connectivity index (χ2n) is 12.0. The van der Waals surface area contributed by atoms with Gasteiger partial charge in [0.05, 0.1) is 18.6 Å². The van der Waals surface area contributed by atoms with Crippen molar-refractivity contribution in [3.8, 4) is 0 Å². The van der Waals surface area contributed by atoms with Gasteiger partial charge in [-0.25, -0.2) is 4.79 Å². The van der Waals surface area contributed by atoms with E-state index >= 15 is 0 Å². The zero-order chi connectivity index (χ0) is 27.7. The van der Waals surface area contributed by atoms with E-state index in [2.05, 4.69) is 17.7 Å². The number of carbonyl (C=O) groups is 3. The molecule has 0 saturated carbocycles. The fourth-order valence-electron chi connectivity index (χ4n) is 4.59. The highest BCUT2D eigenvalue weighted by Crippen LogP contribution is 2.40. The van der Waals surface area contributed by atoms with Gasteiger partial charge in [-0.05, 0) is 72.6 Å². The Kier molecular flexibility index (Phi) is 11.9. The number of carboxylic acid groups (broad SMARTS) is 1.